The molecule has 0 aliphatic rings. The third-order valence-electron chi connectivity index (χ3n) is 1.49. The first-order valence-corrected chi connectivity index (χ1v) is 3.63. The summed E-state index contributed by atoms with van der Waals surface area (Å²) in [6, 6.07) is 10.3. The smallest absolute Gasteiger partial charge is 0.257 e. The molecular formula is C9H7N2O. The molecule has 1 heterocycles. The molecule has 12 heavy (non-hydrogen) atoms. The van der Waals surface area contributed by atoms with Gasteiger partial charge >= 0.3 is 0 Å². The molecular weight excluding hydrogens is 152 g/mol. The lowest BCUT2D eigenvalue weighted by Crippen LogP contribution is -1.76. The molecule has 0 unspecified atom stereocenters. The van der Waals surface area contributed by atoms with E-state index >= 15 is 0 Å². The fourth-order valence-corrected chi connectivity index (χ4v) is 0.944. The molecule has 59 valence electrons. The minimum atomic E-state index is 0.557. The summed E-state index contributed by atoms with van der Waals surface area (Å²) >= 11 is 0. The van der Waals surface area contributed by atoms with Crippen molar-refractivity contribution in [2.45, 2.75) is 6.92 Å². The number of rotatable bonds is 1. The summed E-state index contributed by atoms with van der Waals surface area (Å²) in [6.45, 7) is 1.79. The molecule has 1 radical (unpaired) electrons. The maximum Gasteiger partial charge on any atom is 0.257 e. The molecule has 0 aliphatic heterocycles. The molecule has 1 aromatic carbocycles. The molecule has 0 saturated carbocycles. The molecule has 3 nitrogen and oxygen atoms in total. The number of nitrogens with zero attached hydrogens (tertiary/aromatic N) is 2. The molecule has 0 amide bonds. The summed E-state index contributed by atoms with van der Waals surface area (Å²) in [5, 5.41) is 3.70. The van der Waals surface area contributed by atoms with Gasteiger partial charge in [0.25, 0.3) is 5.89 Å². The van der Waals surface area contributed by atoms with Gasteiger partial charge in [0.1, 0.15) is 0 Å². The molecule has 0 aliphatic carbocycles. The molecule has 3 heteroatoms. The summed E-state index contributed by atoms with van der Waals surface area (Å²) in [5.74, 6) is 1.21. The Morgan fingerprint density at radius 2 is 2.08 bits per heavy atom. The second-order valence-corrected chi connectivity index (χ2v) is 2.44. The van der Waals surface area contributed by atoms with Gasteiger partial charge in [-0.15, -0.1) is 0 Å². The van der Waals surface area contributed by atoms with Crippen LogP contribution in [-0.2, 0) is 0 Å². The molecule has 1 aromatic heterocycles. The Morgan fingerprint density at radius 3 is 2.67 bits per heavy atom. The van der Waals surface area contributed by atoms with Crippen molar-refractivity contribution in [2.75, 3.05) is 0 Å². The average Bonchev–Trinajstić information content (AvgIpc) is 2.54. The SMILES string of the molecule is Cc1noc(-c2cc[c]cc2)n1. The fraction of sp³-hybridized carbons (Fsp3) is 0.111. The molecule has 0 spiro atoms. The van der Waals surface area contributed by atoms with E-state index in [9.17, 15) is 0 Å². The van der Waals surface area contributed by atoms with E-state index in [2.05, 4.69) is 16.2 Å². The number of hydrogen-bond donors (Lipinski definition) is 0. The van der Waals surface area contributed by atoms with E-state index < -0.39 is 0 Å². The monoisotopic (exact) mass is 159 g/mol. The first kappa shape index (κ1) is 7.03. The third kappa shape index (κ3) is 1.21. The van der Waals surface area contributed by atoms with Gasteiger partial charge in [0.05, 0.1) is 0 Å². The zero-order valence-electron chi connectivity index (χ0n) is 6.61. The predicted molar refractivity (Wildman–Crippen MR) is 43.3 cm³/mol. The summed E-state index contributed by atoms with van der Waals surface area (Å²) in [5.41, 5.74) is 0.925. The molecule has 0 atom stereocenters. The number of aromatic nitrogens is 2. The van der Waals surface area contributed by atoms with E-state index in [1.165, 1.54) is 0 Å². The van der Waals surface area contributed by atoms with Gasteiger partial charge in [-0.3, -0.25) is 0 Å². The minimum Gasteiger partial charge on any atom is -0.334 e. The van der Waals surface area contributed by atoms with Crippen LogP contribution in [0.5, 0.6) is 0 Å². The number of benzene rings is 1. The molecule has 0 bridgehead atoms. The van der Waals surface area contributed by atoms with Gasteiger partial charge in [0.15, 0.2) is 5.82 Å². The van der Waals surface area contributed by atoms with Crippen LogP contribution in [0, 0.1) is 13.0 Å². The Hall–Kier alpha value is -1.64. The van der Waals surface area contributed by atoms with Crippen LogP contribution in [0.4, 0.5) is 0 Å². The zero-order valence-corrected chi connectivity index (χ0v) is 6.61. The zero-order chi connectivity index (χ0) is 8.39. The summed E-state index contributed by atoms with van der Waals surface area (Å²) in [7, 11) is 0. The van der Waals surface area contributed by atoms with Crippen molar-refractivity contribution in [3.05, 3.63) is 36.2 Å². The lowest BCUT2D eigenvalue weighted by molar-refractivity contribution is 0.425. The van der Waals surface area contributed by atoms with Crippen LogP contribution in [0.3, 0.4) is 0 Å². The van der Waals surface area contributed by atoms with Gasteiger partial charge in [-0.1, -0.05) is 17.3 Å². The van der Waals surface area contributed by atoms with Gasteiger partial charge in [-0.2, -0.15) is 4.98 Å². The highest BCUT2D eigenvalue weighted by Crippen LogP contribution is 2.14. The Balaban J connectivity index is 2.45. The highest BCUT2D eigenvalue weighted by molar-refractivity contribution is 5.51. The van der Waals surface area contributed by atoms with Crippen molar-refractivity contribution in [1.29, 1.82) is 0 Å². The maximum atomic E-state index is 4.98. The third-order valence-corrected chi connectivity index (χ3v) is 1.49. The van der Waals surface area contributed by atoms with Crippen molar-refractivity contribution in [1.82, 2.24) is 10.1 Å². The summed E-state index contributed by atoms with van der Waals surface area (Å²) < 4.78 is 4.98. The fourth-order valence-electron chi connectivity index (χ4n) is 0.944. The van der Waals surface area contributed by atoms with E-state index in [0.717, 1.165) is 5.56 Å². The van der Waals surface area contributed by atoms with Crippen LogP contribution in [0.2, 0.25) is 0 Å². The van der Waals surface area contributed by atoms with Gasteiger partial charge in [0.2, 0.25) is 0 Å². The van der Waals surface area contributed by atoms with Gasteiger partial charge in [-0.05, 0) is 25.1 Å². The molecule has 2 aromatic rings. The van der Waals surface area contributed by atoms with E-state index in [4.69, 9.17) is 4.52 Å². The van der Waals surface area contributed by atoms with Crippen molar-refractivity contribution in [3.8, 4) is 11.5 Å². The minimum absolute atomic E-state index is 0.557. The second kappa shape index (κ2) is 2.77. The van der Waals surface area contributed by atoms with Crippen molar-refractivity contribution in [3.63, 3.8) is 0 Å². The Kier molecular flexibility index (Phi) is 1.63. The highest BCUT2D eigenvalue weighted by Gasteiger charge is 2.03. The molecule has 0 N–H and O–H groups in total. The van der Waals surface area contributed by atoms with Gasteiger partial charge in [-0.25, -0.2) is 0 Å². The van der Waals surface area contributed by atoms with E-state index in [-0.39, 0.29) is 0 Å². The summed E-state index contributed by atoms with van der Waals surface area (Å²) in [4.78, 5) is 4.09. The Bertz CT molecular complexity index is 367. The van der Waals surface area contributed by atoms with Gasteiger partial charge in [0, 0.05) is 5.56 Å². The topological polar surface area (TPSA) is 38.9 Å². The van der Waals surface area contributed by atoms with Crippen LogP contribution < -0.4 is 0 Å². The largest absolute Gasteiger partial charge is 0.334 e. The first-order valence-electron chi connectivity index (χ1n) is 3.63. The Morgan fingerprint density at radius 1 is 1.33 bits per heavy atom. The van der Waals surface area contributed by atoms with Crippen molar-refractivity contribution in [2.24, 2.45) is 0 Å². The number of hydrogen-bond acceptors (Lipinski definition) is 3. The quantitative estimate of drug-likeness (QED) is 0.637. The maximum absolute atomic E-state index is 4.98. The molecule has 0 fully saturated rings. The lowest BCUT2D eigenvalue weighted by atomic mass is 10.2. The van der Waals surface area contributed by atoms with Crippen molar-refractivity contribution < 1.29 is 4.52 Å². The number of aryl methyl sites for hydroxylation is 1. The van der Waals surface area contributed by atoms with Crippen LogP contribution in [-0.4, -0.2) is 10.1 Å². The van der Waals surface area contributed by atoms with E-state index in [1.54, 1.807) is 6.92 Å². The van der Waals surface area contributed by atoms with Crippen LogP contribution in [0.25, 0.3) is 11.5 Å². The molecule has 2 rings (SSSR count). The first-order chi connectivity index (χ1) is 5.86. The van der Waals surface area contributed by atoms with E-state index in [1.807, 2.05) is 24.3 Å². The average molecular weight is 159 g/mol. The lowest BCUT2D eigenvalue weighted by Gasteiger charge is -1.89. The highest BCUT2D eigenvalue weighted by atomic mass is 16.5. The van der Waals surface area contributed by atoms with Crippen LogP contribution in [0.1, 0.15) is 5.82 Å². The molecule has 0 saturated heterocycles. The van der Waals surface area contributed by atoms with Crippen LogP contribution in [0.15, 0.2) is 28.8 Å². The predicted octanol–water partition coefficient (Wildman–Crippen LogP) is 1.85. The second-order valence-electron chi connectivity index (χ2n) is 2.44. The summed E-state index contributed by atoms with van der Waals surface area (Å²) in [6.07, 6.45) is 0. The standard InChI is InChI=1S/C9H7N2O/c1-7-10-9(12-11-7)8-5-3-2-4-6-8/h3-6H,1H3. The van der Waals surface area contributed by atoms with E-state index in [0.29, 0.717) is 11.7 Å². The van der Waals surface area contributed by atoms with Crippen molar-refractivity contribution >= 4 is 0 Å². The van der Waals surface area contributed by atoms with Crippen LogP contribution >= 0.6 is 0 Å². The van der Waals surface area contributed by atoms with Gasteiger partial charge < -0.3 is 4.52 Å². The normalized spacial score (nSPS) is 10.1. The Labute approximate surface area is 70.0 Å².